The SMILES string of the molecule is Cc1ccc(C=CC(=O)NNC(=O)c2ccccc2OCc2ccccc2)cc1. The van der Waals surface area contributed by atoms with Crippen LogP contribution in [0.5, 0.6) is 5.75 Å². The minimum absolute atomic E-state index is 0.339. The fourth-order valence-electron chi connectivity index (χ4n) is 2.59. The Kier molecular flexibility index (Phi) is 6.79. The average Bonchev–Trinajstić information content (AvgIpc) is 2.76. The van der Waals surface area contributed by atoms with Crippen LogP contribution < -0.4 is 15.6 Å². The quantitative estimate of drug-likeness (QED) is 0.496. The molecule has 0 aromatic heterocycles. The summed E-state index contributed by atoms with van der Waals surface area (Å²) >= 11 is 0. The summed E-state index contributed by atoms with van der Waals surface area (Å²) in [6, 6.07) is 24.3. The molecule has 0 aliphatic heterocycles. The Morgan fingerprint density at radius 2 is 1.55 bits per heavy atom. The third-order valence-corrected chi connectivity index (χ3v) is 4.17. The maximum atomic E-state index is 12.5. The fourth-order valence-corrected chi connectivity index (χ4v) is 2.59. The molecule has 0 unspecified atom stereocenters. The number of carbonyl (C=O) groups excluding carboxylic acids is 2. The molecule has 0 fully saturated rings. The maximum absolute atomic E-state index is 12.5. The predicted molar refractivity (Wildman–Crippen MR) is 113 cm³/mol. The summed E-state index contributed by atoms with van der Waals surface area (Å²) in [6.07, 6.45) is 3.04. The van der Waals surface area contributed by atoms with E-state index in [1.54, 1.807) is 30.3 Å². The first-order valence-electron chi connectivity index (χ1n) is 9.22. The number of rotatable bonds is 6. The number of benzene rings is 3. The summed E-state index contributed by atoms with van der Waals surface area (Å²) in [4.78, 5) is 24.4. The molecule has 3 rings (SSSR count). The van der Waals surface area contributed by atoms with Gasteiger partial charge >= 0.3 is 0 Å². The Morgan fingerprint density at radius 1 is 0.862 bits per heavy atom. The largest absolute Gasteiger partial charge is 0.488 e. The van der Waals surface area contributed by atoms with E-state index in [2.05, 4.69) is 10.9 Å². The molecular weight excluding hydrogens is 364 g/mol. The second kappa shape index (κ2) is 9.90. The Balaban J connectivity index is 1.56. The van der Waals surface area contributed by atoms with E-state index in [1.165, 1.54) is 6.08 Å². The topological polar surface area (TPSA) is 67.4 Å². The van der Waals surface area contributed by atoms with E-state index in [1.807, 2.05) is 61.5 Å². The molecule has 0 bridgehead atoms. The lowest BCUT2D eigenvalue weighted by molar-refractivity contribution is -0.117. The first kappa shape index (κ1) is 19.9. The summed E-state index contributed by atoms with van der Waals surface area (Å²) in [5.74, 6) is -0.439. The number of para-hydroxylation sites is 1. The second-order valence-electron chi connectivity index (χ2n) is 6.46. The van der Waals surface area contributed by atoms with Crippen molar-refractivity contribution < 1.29 is 14.3 Å². The monoisotopic (exact) mass is 386 g/mol. The lowest BCUT2D eigenvalue weighted by Gasteiger charge is -2.12. The summed E-state index contributed by atoms with van der Waals surface area (Å²) in [5, 5.41) is 0. The number of ether oxygens (including phenoxy) is 1. The third kappa shape index (κ3) is 6.07. The third-order valence-electron chi connectivity index (χ3n) is 4.17. The van der Waals surface area contributed by atoms with Gasteiger partial charge < -0.3 is 4.74 Å². The van der Waals surface area contributed by atoms with Crippen molar-refractivity contribution in [3.63, 3.8) is 0 Å². The molecule has 0 spiro atoms. The fraction of sp³-hybridized carbons (Fsp3) is 0.0833. The molecule has 2 N–H and O–H groups in total. The Bertz CT molecular complexity index is 996. The van der Waals surface area contributed by atoms with Crippen LogP contribution in [-0.2, 0) is 11.4 Å². The van der Waals surface area contributed by atoms with Crippen LogP contribution in [0, 0.1) is 6.92 Å². The van der Waals surface area contributed by atoms with Crippen molar-refractivity contribution in [1.82, 2.24) is 10.9 Å². The van der Waals surface area contributed by atoms with Gasteiger partial charge in [-0.3, -0.25) is 20.4 Å². The summed E-state index contributed by atoms with van der Waals surface area (Å²) < 4.78 is 5.78. The summed E-state index contributed by atoms with van der Waals surface area (Å²) in [5.41, 5.74) is 8.18. The van der Waals surface area contributed by atoms with Gasteiger partial charge in [0.05, 0.1) is 5.56 Å². The van der Waals surface area contributed by atoms with E-state index in [-0.39, 0.29) is 0 Å². The molecule has 0 radical (unpaired) electrons. The number of amides is 2. The van der Waals surface area contributed by atoms with Crippen LogP contribution in [0.4, 0.5) is 0 Å². The molecule has 0 heterocycles. The van der Waals surface area contributed by atoms with Crippen LogP contribution in [0.3, 0.4) is 0 Å². The van der Waals surface area contributed by atoms with Crippen molar-refractivity contribution in [2.75, 3.05) is 0 Å². The Hall–Kier alpha value is -3.86. The smallest absolute Gasteiger partial charge is 0.273 e. The normalized spacial score (nSPS) is 10.5. The second-order valence-corrected chi connectivity index (χ2v) is 6.46. The van der Waals surface area contributed by atoms with Gasteiger partial charge in [0, 0.05) is 6.08 Å². The maximum Gasteiger partial charge on any atom is 0.273 e. The molecule has 29 heavy (non-hydrogen) atoms. The van der Waals surface area contributed by atoms with E-state index in [0.29, 0.717) is 17.9 Å². The molecule has 0 saturated heterocycles. The number of hydrazine groups is 1. The van der Waals surface area contributed by atoms with Gasteiger partial charge in [-0.25, -0.2) is 0 Å². The van der Waals surface area contributed by atoms with Gasteiger partial charge in [-0.1, -0.05) is 72.3 Å². The van der Waals surface area contributed by atoms with Crippen LogP contribution >= 0.6 is 0 Å². The Morgan fingerprint density at radius 3 is 2.31 bits per heavy atom. The van der Waals surface area contributed by atoms with E-state index < -0.39 is 11.8 Å². The molecule has 5 nitrogen and oxygen atoms in total. The van der Waals surface area contributed by atoms with Crippen molar-refractivity contribution in [1.29, 1.82) is 0 Å². The highest BCUT2D eigenvalue weighted by atomic mass is 16.5. The minimum atomic E-state index is -0.453. The lowest BCUT2D eigenvalue weighted by atomic mass is 10.1. The number of carbonyl (C=O) groups is 2. The zero-order valence-electron chi connectivity index (χ0n) is 16.1. The van der Waals surface area contributed by atoms with Gasteiger partial charge in [0.25, 0.3) is 11.8 Å². The number of hydrogen-bond acceptors (Lipinski definition) is 3. The van der Waals surface area contributed by atoms with Crippen LogP contribution in [0.25, 0.3) is 6.08 Å². The number of nitrogens with one attached hydrogen (secondary N) is 2. The van der Waals surface area contributed by atoms with Crippen molar-refractivity contribution in [2.45, 2.75) is 13.5 Å². The van der Waals surface area contributed by atoms with Crippen LogP contribution in [0.15, 0.2) is 84.9 Å². The van der Waals surface area contributed by atoms with Gasteiger partial charge in [-0.2, -0.15) is 0 Å². The van der Waals surface area contributed by atoms with E-state index >= 15 is 0 Å². The van der Waals surface area contributed by atoms with Gasteiger partial charge in [0.15, 0.2) is 0 Å². The minimum Gasteiger partial charge on any atom is -0.488 e. The molecule has 0 saturated carbocycles. The van der Waals surface area contributed by atoms with Gasteiger partial charge in [-0.15, -0.1) is 0 Å². The molecular formula is C24H22N2O3. The zero-order valence-corrected chi connectivity index (χ0v) is 16.1. The van der Waals surface area contributed by atoms with E-state index in [4.69, 9.17) is 4.74 Å². The molecule has 2 amide bonds. The van der Waals surface area contributed by atoms with Crippen molar-refractivity contribution in [3.8, 4) is 5.75 Å². The molecule has 0 aliphatic carbocycles. The first-order chi connectivity index (χ1) is 14.1. The van der Waals surface area contributed by atoms with Gasteiger partial charge in [-0.05, 0) is 36.3 Å². The standard InChI is InChI=1S/C24H22N2O3/c1-18-11-13-19(14-12-18)15-16-23(27)25-26-24(28)21-9-5-6-10-22(21)29-17-20-7-3-2-4-8-20/h2-16H,17H2,1H3,(H,25,27)(H,26,28). The van der Waals surface area contributed by atoms with Crippen molar-refractivity contribution >= 4 is 17.9 Å². The van der Waals surface area contributed by atoms with Crippen LogP contribution in [-0.4, -0.2) is 11.8 Å². The highest BCUT2D eigenvalue weighted by Gasteiger charge is 2.12. The lowest BCUT2D eigenvalue weighted by Crippen LogP contribution is -2.40. The average molecular weight is 386 g/mol. The summed E-state index contributed by atoms with van der Waals surface area (Å²) in [7, 11) is 0. The summed E-state index contributed by atoms with van der Waals surface area (Å²) in [6.45, 7) is 2.34. The van der Waals surface area contributed by atoms with Crippen molar-refractivity contribution in [3.05, 3.63) is 107 Å². The highest BCUT2D eigenvalue weighted by molar-refractivity contribution is 5.99. The van der Waals surface area contributed by atoms with Gasteiger partial charge in [0.1, 0.15) is 12.4 Å². The molecule has 0 atom stereocenters. The molecule has 0 aliphatic rings. The number of aryl methyl sites for hydroxylation is 1. The predicted octanol–water partition coefficient (Wildman–Crippen LogP) is 4.05. The van der Waals surface area contributed by atoms with E-state index in [9.17, 15) is 9.59 Å². The van der Waals surface area contributed by atoms with Gasteiger partial charge in [0.2, 0.25) is 0 Å². The molecule has 5 heteroatoms. The Labute approximate surface area is 170 Å². The number of hydrogen-bond donors (Lipinski definition) is 2. The van der Waals surface area contributed by atoms with E-state index in [0.717, 1.165) is 16.7 Å². The highest BCUT2D eigenvalue weighted by Crippen LogP contribution is 2.19. The van der Waals surface area contributed by atoms with Crippen LogP contribution in [0.1, 0.15) is 27.0 Å². The zero-order chi connectivity index (χ0) is 20.5. The molecule has 3 aromatic rings. The first-order valence-corrected chi connectivity index (χ1v) is 9.22. The molecule has 146 valence electrons. The van der Waals surface area contributed by atoms with Crippen molar-refractivity contribution in [2.24, 2.45) is 0 Å². The molecule has 3 aromatic carbocycles. The van der Waals surface area contributed by atoms with Crippen LogP contribution in [0.2, 0.25) is 0 Å².